The molecule has 2 heterocycles. The highest BCUT2D eigenvalue weighted by Crippen LogP contribution is 2.33. The van der Waals surface area contributed by atoms with Crippen LogP contribution >= 0.6 is 0 Å². The highest BCUT2D eigenvalue weighted by Gasteiger charge is 2.30. The van der Waals surface area contributed by atoms with E-state index in [1.54, 1.807) is 0 Å². The summed E-state index contributed by atoms with van der Waals surface area (Å²) < 4.78 is 94.5. The van der Waals surface area contributed by atoms with E-state index in [4.69, 9.17) is 19.3 Å². The number of nitrogens with one attached hydrogen (secondary N) is 2. The van der Waals surface area contributed by atoms with E-state index in [9.17, 15) is 30.8 Å². The molecule has 0 bridgehead atoms. The maximum Gasteiger partial charge on any atom is 0.412 e. The first-order valence-corrected chi connectivity index (χ1v) is 13.8. The van der Waals surface area contributed by atoms with Gasteiger partial charge in [0.15, 0.2) is 0 Å². The fraction of sp³-hybridized carbons (Fsp3) is 0.346. The number of nitrogens with zero attached hydrogens (tertiary/aromatic N) is 1. The third-order valence-corrected chi connectivity index (χ3v) is 7.03. The van der Waals surface area contributed by atoms with Gasteiger partial charge in [0.1, 0.15) is 23.9 Å². The van der Waals surface area contributed by atoms with Crippen molar-refractivity contribution in [2.45, 2.75) is 36.5 Å². The molecule has 4 rings (SSSR count). The number of ether oxygens (including phenoxy) is 3. The number of amides is 1. The van der Waals surface area contributed by atoms with Crippen LogP contribution in [-0.2, 0) is 21.3 Å². The molecular formula is C26H26F4N4O6S. The predicted molar refractivity (Wildman–Crippen MR) is 141 cm³/mol. The number of halogens is 4. The van der Waals surface area contributed by atoms with E-state index in [1.807, 2.05) is 0 Å². The number of benzene rings is 2. The standard InChI is InChI=1S/C26H26F4N4O6S/c1-38-24-14-19(41(31,36)37)4-5-21(24)32-8-2-3-18-13-20-22(34(18)15-26(28,29)30)11-16(27)12-23(20)40-25(35)33-17-6-9-39-10-7-17/h4-5,11-14,17,32H,6-10,15H2,1H3,(H,33,35)(H2,31,36,37). The molecule has 1 saturated heterocycles. The Morgan fingerprint density at radius 3 is 2.56 bits per heavy atom. The summed E-state index contributed by atoms with van der Waals surface area (Å²) >= 11 is 0. The van der Waals surface area contributed by atoms with E-state index in [-0.39, 0.29) is 45.6 Å². The van der Waals surface area contributed by atoms with Crippen LogP contribution in [0.5, 0.6) is 11.5 Å². The van der Waals surface area contributed by atoms with Crippen LogP contribution in [0.15, 0.2) is 41.3 Å². The Hall–Kier alpha value is -4.00. The van der Waals surface area contributed by atoms with Gasteiger partial charge in [0, 0.05) is 36.8 Å². The molecule has 0 saturated carbocycles. The van der Waals surface area contributed by atoms with Gasteiger partial charge in [-0.25, -0.2) is 22.7 Å². The summed E-state index contributed by atoms with van der Waals surface area (Å²) in [5, 5.41) is 10.7. The molecule has 15 heteroatoms. The van der Waals surface area contributed by atoms with Crippen molar-refractivity contribution in [1.82, 2.24) is 9.88 Å². The zero-order valence-corrected chi connectivity index (χ0v) is 22.5. The quantitative estimate of drug-likeness (QED) is 0.279. The van der Waals surface area contributed by atoms with E-state index in [0.717, 1.165) is 16.7 Å². The first kappa shape index (κ1) is 30.0. The maximum atomic E-state index is 14.5. The third-order valence-electron chi connectivity index (χ3n) is 6.12. The molecule has 2 aromatic carbocycles. The van der Waals surface area contributed by atoms with Crippen molar-refractivity contribution >= 4 is 32.7 Å². The molecule has 1 aliphatic heterocycles. The van der Waals surface area contributed by atoms with Gasteiger partial charge in [-0.3, -0.25) is 0 Å². The monoisotopic (exact) mass is 598 g/mol. The first-order chi connectivity index (χ1) is 19.3. The third kappa shape index (κ3) is 7.81. The van der Waals surface area contributed by atoms with Crippen LogP contribution in [0.4, 0.5) is 28.0 Å². The van der Waals surface area contributed by atoms with Crippen molar-refractivity contribution < 1.29 is 45.0 Å². The Balaban J connectivity index is 1.60. The van der Waals surface area contributed by atoms with Gasteiger partial charge in [0.05, 0.1) is 35.4 Å². The molecule has 1 aromatic heterocycles. The number of fused-ring (bicyclic) bond motifs is 1. The molecule has 0 unspecified atom stereocenters. The van der Waals surface area contributed by atoms with Gasteiger partial charge in [-0.05, 0) is 43.0 Å². The number of hydrogen-bond donors (Lipinski definition) is 3. The second kappa shape index (κ2) is 12.2. The highest BCUT2D eigenvalue weighted by atomic mass is 32.2. The van der Waals surface area contributed by atoms with Crippen LogP contribution in [0.1, 0.15) is 18.5 Å². The number of methoxy groups -OCH3 is 1. The number of sulfonamides is 1. The van der Waals surface area contributed by atoms with Gasteiger partial charge in [-0.1, -0.05) is 5.92 Å². The summed E-state index contributed by atoms with van der Waals surface area (Å²) in [6.07, 6.45) is -4.41. The smallest absolute Gasteiger partial charge is 0.412 e. The number of anilines is 1. The van der Waals surface area contributed by atoms with Gasteiger partial charge >= 0.3 is 12.3 Å². The fourth-order valence-corrected chi connectivity index (χ4v) is 4.77. The normalized spacial score (nSPS) is 14.3. The van der Waals surface area contributed by atoms with Crippen molar-refractivity contribution in [3.05, 3.63) is 47.9 Å². The summed E-state index contributed by atoms with van der Waals surface area (Å²) in [6.45, 7) is -0.627. The van der Waals surface area contributed by atoms with Crippen molar-refractivity contribution in [1.29, 1.82) is 0 Å². The lowest BCUT2D eigenvalue weighted by atomic mass is 10.1. The zero-order chi connectivity index (χ0) is 29.8. The van der Waals surface area contributed by atoms with E-state index >= 15 is 0 Å². The molecule has 220 valence electrons. The molecule has 0 atom stereocenters. The minimum atomic E-state index is -4.66. The lowest BCUT2D eigenvalue weighted by molar-refractivity contribution is -0.140. The maximum absolute atomic E-state index is 14.5. The Morgan fingerprint density at radius 2 is 1.90 bits per heavy atom. The van der Waals surface area contributed by atoms with Crippen LogP contribution in [-0.4, -0.2) is 58.2 Å². The van der Waals surface area contributed by atoms with Crippen LogP contribution in [0, 0.1) is 17.7 Å². The minimum Gasteiger partial charge on any atom is -0.495 e. The molecule has 3 aromatic rings. The average Bonchev–Trinajstić information content (AvgIpc) is 3.22. The molecule has 1 aliphatic rings. The Bertz CT molecular complexity index is 1610. The average molecular weight is 599 g/mol. The summed E-state index contributed by atoms with van der Waals surface area (Å²) in [5.41, 5.74) is 0.1000. The molecule has 0 spiro atoms. The number of carbonyl (C=O) groups is 1. The molecule has 4 N–H and O–H groups in total. The van der Waals surface area contributed by atoms with Crippen molar-refractivity contribution in [2.24, 2.45) is 5.14 Å². The van der Waals surface area contributed by atoms with E-state index in [2.05, 4.69) is 22.5 Å². The van der Waals surface area contributed by atoms with Gasteiger partial charge in [0.2, 0.25) is 10.0 Å². The second-order valence-corrected chi connectivity index (χ2v) is 10.6. The lowest BCUT2D eigenvalue weighted by Crippen LogP contribution is -2.40. The van der Waals surface area contributed by atoms with E-state index < -0.39 is 34.7 Å². The minimum absolute atomic E-state index is 0.0651. The Labute approximate surface area is 232 Å². The summed E-state index contributed by atoms with van der Waals surface area (Å²) in [7, 11) is -2.65. The zero-order valence-electron chi connectivity index (χ0n) is 21.7. The predicted octanol–water partition coefficient (Wildman–Crippen LogP) is 3.73. The fourth-order valence-electron chi connectivity index (χ4n) is 4.24. The number of rotatable bonds is 7. The number of aromatic nitrogens is 1. The molecule has 1 fully saturated rings. The van der Waals surface area contributed by atoms with Crippen molar-refractivity contribution in [3.8, 4) is 23.3 Å². The number of carbonyl (C=O) groups excluding carboxylic acids is 1. The van der Waals surface area contributed by atoms with Gasteiger partial charge in [-0.15, -0.1) is 0 Å². The topological polar surface area (TPSA) is 134 Å². The van der Waals surface area contributed by atoms with Crippen LogP contribution in [0.25, 0.3) is 10.9 Å². The lowest BCUT2D eigenvalue weighted by Gasteiger charge is -2.22. The molecular weight excluding hydrogens is 572 g/mol. The Kier molecular flexibility index (Phi) is 8.95. The van der Waals surface area contributed by atoms with Crippen LogP contribution in [0.2, 0.25) is 0 Å². The van der Waals surface area contributed by atoms with Crippen LogP contribution in [0.3, 0.4) is 0 Å². The molecule has 41 heavy (non-hydrogen) atoms. The van der Waals surface area contributed by atoms with E-state index in [0.29, 0.717) is 31.7 Å². The summed E-state index contributed by atoms with van der Waals surface area (Å²) in [4.78, 5) is 12.3. The largest absolute Gasteiger partial charge is 0.495 e. The van der Waals surface area contributed by atoms with Crippen molar-refractivity contribution in [3.63, 3.8) is 0 Å². The number of primary sulfonamides is 1. The van der Waals surface area contributed by atoms with Gasteiger partial charge in [-0.2, -0.15) is 13.2 Å². The second-order valence-electron chi connectivity index (χ2n) is 9.05. The van der Waals surface area contributed by atoms with Crippen molar-refractivity contribution in [2.75, 3.05) is 32.2 Å². The molecule has 0 aliphatic carbocycles. The summed E-state index contributed by atoms with van der Waals surface area (Å²) in [5.74, 6) is 4.32. The first-order valence-electron chi connectivity index (χ1n) is 12.2. The SMILES string of the molecule is COc1cc(S(N)(=O)=O)ccc1NCC#Cc1cc2c(OC(=O)NC3CCOCC3)cc(F)cc2n1CC(F)(F)F. The molecule has 1 amide bonds. The van der Waals surface area contributed by atoms with Gasteiger partial charge < -0.3 is 29.4 Å². The number of hydrogen-bond acceptors (Lipinski definition) is 7. The van der Waals surface area contributed by atoms with Gasteiger partial charge in [0.25, 0.3) is 0 Å². The number of alkyl halides is 3. The van der Waals surface area contributed by atoms with Crippen LogP contribution < -0.4 is 25.2 Å². The van der Waals surface area contributed by atoms with E-state index in [1.165, 1.54) is 31.4 Å². The summed E-state index contributed by atoms with van der Waals surface area (Å²) in [6, 6.07) is 6.76. The highest BCUT2D eigenvalue weighted by molar-refractivity contribution is 7.89. The molecule has 10 nitrogen and oxygen atoms in total. The molecule has 0 radical (unpaired) electrons. The number of nitrogens with two attached hydrogens (primary N) is 1. The Morgan fingerprint density at radius 1 is 1.17 bits per heavy atom.